The number of nitrogens with two attached hydrogens (primary N) is 2. The number of primary amides is 1. The first-order valence-corrected chi connectivity index (χ1v) is 10.8. The molecule has 0 aromatic heterocycles. The molecule has 0 aromatic carbocycles. The first kappa shape index (κ1) is 31.2. The molecule has 4 amide bonds. The molecule has 0 heterocycles. The van der Waals surface area contributed by atoms with Gasteiger partial charge in [0.15, 0.2) is 0 Å². The minimum atomic E-state index is -1.46. The number of amides is 4. The summed E-state index contributed by atoms with van der Waals surface area (Å²) in [6, 6.07) is -5.43. The summed E-state index contributed by atoms with van der Waals surface area (Å²) in [7, 11) is 0. The maximum absolute atomic E-state index is 12.8. The van der Waals surface area contributed by atoms with Crippen LogP contribution in [-0.2, 0) is 33.6 Å². The van der Waals surface area contributed by atoms with Gasteiger partial charge in [-0.1, -0.05) is 13.8 Å². The molecule has 0 fully saturated rings. The van der Waals surface area contributed by atoms with Gasteiger partial charge in [0.2, 0.25) is 23.6 Å². The molecule has 0 radical (unpaired) electrons. The number of hydrogen-bond donors (Lipinski definition) is 8. The van der Waals surface area contributed by atoms with Gasteiger partial charge in [0.05, 0.1) is 6.04 Å². The van der Waals surface area contributed by atoms with Crippen LogP contribution in [0.1, 0.15) is 52.4 Å². The second-order valence-corrected chi connectivity index (χ2v) is 8.17. The van der Waals surface area contributed by atoms with E-state index in [0.717, 1.165) is 0 Å². The van der Waals surface area contributed by atoms with Crippen molar-refractivity contribution >= 4 is 41.5 Å². The molecule has 4 atom stereocenters. The third kappa shape index (κ3) is 12.9. The van der Waals surface area contributed by atoms with E-state index in [4.69, 9.17) is 21.7 Å². The van der Waals surface area contributed by atoms with Crippen LogP contribution in [0.15, 0.2) is 0 Å². The van der Waals surface area contributed by atoms with Gasteiger partial charge in [-0.25, -0.2) is 4.79 Å². The zero-order valence-corrected chi connectivity index (χ0v) is 19.5. The van der Waals surface area contributed by atoms with Crippen molar-refractivity contribution in [3.05, 3.63) is 0 Å². The molecular formula is C20H33N5O10. The monoisotopic (exact) mass is 503 g/mol. The molecule has 0 saturated heterocycles. The van der Waals surface area contributed by atoms with Crippen molar-refractivity contribution in [1.29, 1.82) is 0 Å². The zero-order chi connectivity index (χ0) is 27.3. The van der Waals surface area contributed by atoms with Crippen molar-refractivity contribution in [2.45, 2.75) is 76.5 Å². The molecule has 0 aliphatic rings. The maximum Gasteiger partial charge on any atom is 0.326 e. The van der Waals surface area contributed by atoms with Crippen molar-refractivity contribution in [2.75, 3.05) is 0 Å². The highest BCUT2D eigenvalue weighted by atomic mass is 16.4. The van der Waals surface area contributed by atoms with Crippen LogP contribution in [0, 0.1) is 5.92 Å². The summed E-state index contributed by atoms with van der Waals surface area (Å²) >= 11 is 0. The fourth-order valence-corrected chi connectivity index (χ4v) is 2.82. The molecule has 4 unspecified atom stereocenters. The van der Waals surface area contributed by atoms with Crippen LogP contribution in [0.25, 0.3) is 0 Å². The first-order chi connectivity index (χ1) is 16.1. The summed E-state index contributed by atoms with van der Waals surface area (Å²) in [5, 5.41) is 33.8. The van der Waals surface area contributed by atoms with Crippen molar-refractivity contribution in [3.8, 4) is 0 Å². The fourth-order valence-electron chi connectivity index (χ4n) is 2.82. The zero-order valence-electron chi connectivity index (χ0n) is 19.5. The lowest BCUT2D eigenvalue weighted by Gasteiger charge is -2.27. The van der Waals surface area contributed by atoms with Gasteiger partial charge in [-0.15, -0.1) is 0 Å². The number of carboxylic acids is 3. The maximum atomic E-state index is 12.8. The van der Waals surface area contributed by atoms with Crippen LogP contribution >= 0.6 is 0 Å². The highest BCUT2D eigenvalue weighted by Crippen LogP contribution is 2.08. The molecule has 0 aliphatic carbocycles. The van der Waals surface area contributed by atoms with Gasteiger partial charge < -0.3 is 42.7 Å². The van der Waals surface area contributed by atoms with Crippen LogP contribution in [0.2, 0.25) is 0 Å². The van der Waals surface area contributed by atoms with Gasteiger partial charge in [0.1, 0.15) is 18.1 Å². The molecule has 198 valence electrons. The van der Waals surface area contributed by atoms with Crippen LogP contribution < -0.4 is 27.4 Å². The fraction of sp³-hybridized carbons (Fsp3) is 0.650. The van der Waals surface area contributed by atoms with Gasteiger partial charge in [-0.05, 0) is 25.2 Å². The molecule has 15 nitrogen and oxygen atoms in total. The topological polar surface area (TPSA) is 268 Å². The predicted octanol–water partition coefficient (Wildman–Crippen LogP) is -2.50. The Kier molecular flexibility index (Phi) is 13.6. The molecule has 0 rings (SSSR count). The van der Waals surface area contributed by atoms with E-state index >= 15 is 0 Å². The Bertz CT molecular complexity index is 816. The summed E-state index contributed by atoms with van der Waals surface area (Å²) in [4.78, 5) is 81.8. The molecule has 0 aromatic rings. The normalized spacial score (nSPS) is 14.2. The Morgan fingerprint density at radius 1 is 0.686 bits per heavy atom. The second kappa shape index (κ2) is 15.2. The Morgan fingerprint density at radius 3 is 1.63 bits per heavy atom. The lowest BCUT2D eigenvalue weighted by molar-refractivity contribution is -0.143. The number of carbonyl (C=O) groups is 7. The number of nitrogens with one attached hydrogen (secondary N) is 3. The Balaban J connectivity index is 5.47. The minimum Gasteiger partial charge on any atom is -0.481 e. The molecule has 0 bridgehead atoms. The van der Waals surface area contributed by atoms with Gasteiger partial charge >= 0.3 is 17.9 Å². The van der Waals surface area contributed by atoms with E-state index in [9.17, 15) is 38.7 Å². The van der Waals surface area contributed by atoms with Crippen LogP contribution in [0.5, 0.6) is 0 Å². The Labute approximate surface area is 201 Å². The number of aliphatic carboxylic acids is 3. The number of carboxylic acid groups (broad SMARTS) is 3. The summed E-state index contributed by atoms with van der Waals surface area (Å²) < 4.78 is 0. The summed E-state index contributed by atoms with van der Waals surface area (Å²) in [6.45, 7) is 3.10. The van der Waals surface area contributed by atoms with Crippen LogP contribution in [0.4, 0.5) is 0 Å². The lowest BCUT2D eigenvalue weighted by Crippen LogP contribution is -2.58. The van der Waals surface area contributed by atoms with Gasteiger partial charge in [-0.3, -0.25) is 28.8 Å². The largest absolute Gasteiger partial charge is 0.481 e. The smallest absolute Gasteiger partial charge is 0.326 e. The number of rotatable bonds is 17. The number of carbonyl (C=O) groups excluding carboxylic acids is 4. The minimum absolute atomic E-state index is 0.229. The average molecular weight is 504 g/mol. The van der Waals surface area contributed by atoms with Crippen LogP contribution in [-0.4, -0.2) is 81.0 Å². The third-order valence-electron chi connectivity index (χ3n) is 4.83. The lowest BCUT2D eigenvalue weighted by atomic mass is 10.0. The van der Waals surface area contributed by atoms with Crippen molar-refractivity contribution in [2.24, 2.45) is 17.4 Å². The van der Waals surface area contributed by atoms with Crippen molar-refractivity contribution in [3.63, 3.8) is 0 Å². The summed E-state index contributed by atoms with van der Waals surface area (Å²) in [5.41, 5.74) is 10.6. The summed E-state index contributed by atoms with van der Waals surface area (Å²) in [5.74, 6) is -7.89. The van der Waals surface area contributed by atoms with Gasteiger partial charge in [0, 0.05) is 19.3 Å². The Morgan fingerprint density at radius 2 is 1.17 bits per heavy atom. The molecule has 15 heteroatoms. The quantitative estimate of drug-likeness (QED) is 0.103. The molecule has 0 spiro atoms. The third-order valence-corrected chi connectivity index (χ3v) is 4.83. The van der Waals surface area contributed by atoms with Crippen molar-refractivity contribution < 1.29 is 48.9 Å². The molecule has 35 heavy (non-hydrogen) atoms. The average Bonchev–Trinajstić information content (AvgIpc) is 2.74. The van der Waals surface area contributed by atoms with E-state index in [2.05, 4.69) is 16.0 Å². The first-order valence-electron chi connectivity index (χ1n) is 10.8. The highest BCUT2D eigenvalue weighted by Gasteiger charge is 2.32. The standard InChI is InChI=1S/C20H33N5O10/c1-9(2)16(19(33)24-12(20(34)35)4-6-13(22)26)25-18(32)11(5-8-15(29)30)23-17(31)10(21)3-7-14(27)28/h9-12,16H,3-8,21H2,1-2H3,(H2,22,26)(H,23,31)(H,24,33)(H,25,32)(H,27,28)(H,29,30)(H,34,35). The van der Waals surface area contributed by atoms with Gasteiger partial charge in [0.25, 0.3) is 0 Å². The molecular weight excluding hydrogens is 470 g/mol. The van der Waals surface area contributed by atoms with Gasteiger partial charge in [-0.2, -0.15) is 0 Å². The second-order valence-electron chi connectivity index (χ2n) is 8.17. The van der Waals surface area contributed by atoms with E-state index in [1.54, 1.807) is 13.8 Å². The molecule has 0 aliphatic heterocycles. The van der Waals surface area contributed by atoms with E-state index in [0.29, 0.717) is 0 Å². The van der Waals surface area contributed by atoms with E-state index < -0.39 is 84.5 Å². The van der Waals surface area contributed by atoms with E-state index in [1.165, 1.54) is 0 Å². The van der Waals surface area contributed by atoms with E-state index in [1.807, 2.05) is 0 Å². The Hall–Kier alpha value is -3.75. The van der Waals surface area contributed by atoms with Crippen LogP contribution in [0.3, 0.4) is 0 Å². The SMILES string of the molecule is CC(C)C(NC(=O)C(CCC(=O)O)NC(=O)C(N)CCC(=O)O)C(=O)NC(CCC(N)=O)C(=O)O. The predicted molar refractivity (Wildman–Crippen MR) is 118 cm³/mol. The molecule has 10 N–H and O–H groups in total. The molecule has 0 saturated carbocycles. The van der Waals surface area contributed by atoms with E-state index in [-0.39, 0.29) is 25.7 Å². The number of hydrogen-bond acceptors (Lipinski definition) is 8. The van der Waals surface area contributed by atoms with Crippen molar-refractivity contribution in [1.82, 2.24) is 16.0 Å². The summed E-state index contributed by atoms with van der Waals surface area (Å²) in [6.07, 6.45) is -2.09. The highest BCUT2D eigenvalue weighted by molar-refractivity contribution is 5.94.